The van der Waals surface area contributed by atoms with Crippen molar-refractivity contribution in [2.75, 3.05) is 13.1 Å². The number of hydrogen-bond acceptors (Lipinski definition) is 5. The zero-order valence-corrected chi connectivity index (χ0v) is 12.1. The summed E-state index contributed by atoms with van der Waals surface area (Å²) in [6.45, 7) is 5.57. The molecule has 2 heterocycles. The van der Waals surface area contributed by atoms with E-state index in [1.165, 1.54) is 22.6 Å². The number of carbonyl (C=O) groups is 1. The zero-order valence-electron chi connectivity index (χ0n) is 10.4. The average Bonchev–Trinajstić information content (AvgIpc) is 2.51. The molecule has 0 radical (unpaired) electrons. The van der Waals surface area contributed by atoms with E-state index in [0.717, 1.165) is 5.01 Å². The van der Waals surface area contributed by atoms with E-state index in [2.05, 4.69) is 10.3 Å². The molecular formula is C10H15N3O3S2. The summed E-state index contributed by atoms with van der Waals surface area (Å²) in [7, 11) is -3.44. The molecule has 1 aliphatic rings. The lowest BCUT2D eigenvalue weighted by atomic mass is 10.2. The lowest BCUT2D eigenvalue weighted by Gasteiger charge is -2.37. The van der Waals surface area contributed by atoms with Gasteiger partial charge in [-0.1, -0.05) is 0 Å². The molecule has 0 aliphatic carbocycles. The molecule has 8 heteroatoms. The standard InChI is InChI=1S/C10H15N3O3S2/c1-6-10(17-8(3)11-6)18(15,16)13-4-9(5-13)12-7(2)14/h9H,4-5H2,1-3H3,(H,12,14). The van der Waals surface area contributed by atoms with Crippen molar-refractivity contribution in [1.29, 1.82) is 0 Å². The van der Waals surface area contributed by atoms with Gasteiger partial charge in [0.2, 0.25) is 5.91 Å². The number of sulfonamides is 1. The largest absolute Gasteiger partial charge is 0.351 e. The quantitative estimate of drug-likeness (QED) is 0.866. The number of nitrogens with zero attached hydrogens (tertiary/aromatic N) is 2. The molecule has 1 fully saturated rings. The summed E-state index contributed by atoms with van der Waals surface area (Å²) >= 11 is 1.19. The van der Waals surface area contributed by atoms with Gasteiger partial charge in [-0.15, -0.1) is 11.3 Å². The minimum atomic E-state index is -3.44. The minimum absolute atomic E-state index is 0.0772. The molecule has 18 heavy (non-hydrogen) atoms. The van der Waals surface area contributed by atoms with Crippen molar-refractivity contribution in [2.24, 2.45) is 0 Å². The van der Waals surface area contributed by atoms with Crippen LogP contribution in [0.25, 0.3) is 0 Å². The van der Waals surface area contributed by atoms with Gasteiger partial charge < -0.3 is 5.32 Å². The summed E-state index contributed by atoms with van der Waals surface area (Å²) < 4.78 is 26.2. The second kappa shape index (κ2) is 4.60. The fraction of sp³-hybridized carbons (Fsp3) is 0.600. The van der Waals surface area contributed by atoms with Crippen LogP contribution in [0.1, 0.15) is 17.6 Å². The number of carbonyl (C=O) groups excluding carboxylic acids is 1. The monoisotopic (exact) mass is 289 g/mol. The van der Waals surface area contributed by atoms with Crippen molar-refractivity contribution in [3.05, 3.63) is 10.7 Å². The Balaban J connectivity index is 2.11. The van der Waals surface area contributed by atoms with E-state index in [9.17, 15) is 13.2 Å². The summed E-state index contributed by atoms with van der Waals surface area (Å²) in [6, 6.07) is -0.0772. The Kier molecular flexibility index (Phi) is 3.43. The van der Waals surface area contributed by atoms with Gasteiger partial charge in [0.05, 0.1) is 16.7 Å². The highest BCUT2D eigenvalue weighted by atomic mass is 32.2. The maximum Gasteiger partial charge on any atom is 0.254 e. The first-order valence-electron chi connectivity index (χ1n) is 5.52. The Labute approximate surface area is 110 Å². The topological polar surface area (TPSA) is 79.4 Å². The van der Waals surface area contributed by atoms with E-state index in [1.54, 1.807) is 13.8 Å². The van der Waals surface area contributed by atoms with Gasteiger partial charge in [0.25, 0.3) is 10.0 Å². The van der Waals surface area contributed by atoms with E-state index in [0.29, 0.717) is 23.0 Å². The van der Waals surface area contributed by atoms with E-state index in [4.69, 9.17) is 0 Å². The number of nitrogens with one attached hydrogen (secondary N) is 1. The molecule has 1 saturated heterocycles. The van der Waals surface area contributed by atoms with Crippen LogP contribution in [0.3, 0.4) is 0 Å². The van der Waals surface area contributed by atoms with E-state index >= 15 is 0 Å². The molecule has 1 aromatic heterocycles. The number of hydrogen-bond donors (Lipinski definition) is 1. The van der Waals surface area contributed by atoms with E-state index in [-0.39, 0.29) is 11.9 Å². The Bertz CT molecular complexity index is 573. The van der Waals surface area contributed by atoms with Crippen LogP contribution in [0.2, 0.25) is 0 Å². The summed E-state index contributed by atoms with van der Waals surface area (Å²) in [5.74, 6) is -0.137. The molecule has 1 N–H and O–H groups in total. The molecule has 100 valence electrons. The number of thiazole rings is 1. The average molecular weight is 289 g/mol. The van der Waals surface area contributed by atoms with Crippen LogP contribution >= 0.6 is 11.3 Å². The second-order valence-electron chi connectivity index (χ2n) is 4.33. The predicted octanol–water partition coefficient (Wildman–Crippen LogP) is 0.269. The molecule has 0 unspecified atom stereocenters. The van der Waals surface area contributed by atoms with Gasteiger partial charge in [-0.25, -0.2) is 13.4 Å². The van der Waals surface area contributed by atoms with Crippen molar-refractivity contribution in [3.8, 4) is 0 Å². The highest BCUT2D eigenvalue weighted by Crippen LogP contribution is 2.28. The van der Waals surface area contributed by atoms with Gasteiger partial charge in [0, 0.05) is 20.0 Å². The Morgan fingerprint density at radius 2 is 2.06 bits per heavy atom. The molecule has 0 saturated carbocycles. The minimum Gasteiger partial charge on any atom is -0.351 e. The van der Waals surface area contributed by atoms with Gasteiger partial charge in [-0.05, 0) is 13.8 Å². The number of amides is 1. The first-order valence-corrected chi connectivity index (χ1v) is 7.77. The third-order valence-electron chi connectivity index (χ3n) is 2.69. The molecule has 0 aromatic carbocycles. The third-order valence-corrected chi connectivity index (χ3v) is 6.18. The summed E-state index contributed by atoms with van der Waals surface area (Å²) in [6.07, 6.45) is 0. The van der Waals surface area contributed by atoms with Gasteiger partial charge >= 0.3 is 0 Å². The van der Waals surface area contributed by atoms with Crippen LogP contribution in [0.15, 0.2) is 4.21 Å². The van der Waals surface area contributed by atoms with Crippen molar-refractivity contribution in [2.45, 2.75) is 31.0 Å². The van der Waals surface area contributed by atoms with Crippen LogP contribution in [0.5, 0.6) is 0 Å². The van der Waals surface area contributed by atoms with Crippen molar-refractivity contribution in [1.82, 2.24) is 14.6 Å². The zero-order chi connectivity index (χ0) is 13.5. The molecule has 2 rings (SSSR count). The van der Waals surface area contributed by atoms with Crippen molar-refractivity contribution >= 4 is 27.3 Å². The number of rotatable bonds is 3. The first kappa shape index (κ1) is 13.4. The predicted molar refractivity (Wildman–Crippen MR) is 68.0 cm³/mol. The van der Waals surface area contributed by atoms with E-state index < -0.39 is 10.0 Å². The molecule has 1 aliphatic heterocycles. The smallest absolute Gasteiger partial charge is 0.254 e. The normalized spacial score (nSPS) is 17.5. The summed E-state index contributed by atoms with van der Waals surface area (Å²) in [5.41, 5.74) is 0.542. The van der Waals surface area contributed by atoms with Gasteiger partial charge in [-0.3, -0.25) is 4.79 Å². The lowest BCUT2D eigenvalue weighted by molar-refractivity contribution is -0.120. The second-order valence-corrected chi connectivity index (χ2v) is 7.66. The van der Waals surface area contributed by atoms with Crippen LogP contribution in [0, 0.1) is 13.8 Å². The SMILES string of the molecule is CC(=O)NC1CN(S(=O)(=O)c2sc(C)nc2C)C1. The van der Waals surface area contributed by atoms with Gasteiger partial charge in [-0.2, -0.15) is 4.31 Å². The van der Waals surface area contributed by atoms with Gasteiger partial charge in [0.1, 0.15) is 0 Å². The van der Waals surface area contributed by atoms with Gasteiger partial charge in [0.15, 0.2) is 4.21 Å². The lowest BCUT2D eigenvalue weighted by Crippen LogP contribution is -2.60. The van der Waals surface area contributed by atoms with Crippen molar-refractivity contribution in [3.63, 3.8) is 0 Å². The third kappa shape index (κ3) is 2.40. The van der Waals surface area contributed by atoms with Crippen LogP contribution in [0.4, 0.5) is 0 Å². The Morgan fingerprint density at radius 1 is 1.44 bits per heavy atom. The number of aryl methyl sites for hydroxylation is 2. The van der Waals surface area contributed by atoms with E-state index in [1.807, 2.05) is 0 Å². The molecule has 1 aromatic rings. The number of aromatic nitrogens is 1. The van der Waals surface area contributed by atoms with Crippen LogP contribution < -0.4 is 5.32 Å². The maximum atomic E-state index is 12.3. The first-order chi connectivity index (χ1) is 8.30. The Morgan fingerprint density at radius 3 is 2.50 bits per heavy atom. The van der Waals surface area contributed by atoms with Crippen molar-refractivity contribution < 1.29 is 13.2 Å². The van der Waals surface area contributed by atoms with Crippen LogP contribution in [-0.4, -0.2) is 42.7 Å². The highest BCUT2D eigenvalue weighted by Gasteiger charge is 2.38. The fourth-order valence-electron chi connectivity index (χ4n) is 1.88. The maximum absolute atomic E-state index is 12.3. The summed E-state index contributed by atoms with van der Waals surface area (Å²) in [5, 5.41) is 3.44. The fourth-order valence-corrected chi connectivity index (χ4v) is 5.03. The van der Waals surface area contributed by atoms with Crippen LogP contribution in [-0.2, 0) is 14.8 Å². The molecule has 0 atom stereocenters. The Hall–Kier alpha value is -0.990. The molecular weight excluding hydrogens is 274 g/mol. The molecule has 0 spiro atoms. The highest BCUT2D eigenvalue weighted by molar-refractivity contribution is 7.91. The molecule has 6 nitrogen and oxygen atoms in total. The summed E-state index contributed by atoms with van der Waals surface area (Å²) in [4.78, 5) is 15.0. The molecule has 1 amide bonds. The molecule has 0 bridgehead atoms.